The number of esters is 1. The first-order valence-corrected chi connectivity index (χ1v) is 9.16. The van der Waals surface area contributed by atoms with Gasteiger partial charge in [-0.2, -0.15) is 0 Å². The van der Waals surface area contributed by atoms with Crippen LogP contribution in [-0.4, -0.2) is 41.1 Å². The van der Waals surface area contributed by atoms with E-state index in [0.717, 1.165) is 0 Å². The van der Waals surface area contributed by atoms with E-state index in [0.29, 0.717) is 20.8 Å². The lowest BCUT2D eigenvalue weighted by molar-refractivity contribution is -0.137. The Morgan fingerprint density at radius 1 is 1.44 bits per heavy atom. The van der Waals surface area contributed by atoms with Crippen LogP contribution in [-0.2, 0) is 19.1 Å². The van der Waals surface area contributed by atoms with Crippen molar-refractivity contribution in [1.82, 2.24) is 4.90 Å². The Hall–Kier alpha value is -1.70. The second-order valence-electron chi connectivity index (χ2n) is 5.08. The predicted molar refractivity (Wildman–Crippen MR) is 98.6 cm³/mol. The van der Waals surface area contributed by atoms with Gasteiger partial charge in [0, 0.05) is 5.02 Å². The molecule has 1 atom stereocenters. The molecule has 1 aromatic rings. The number of ether oxygens (including phenoxy) is 1. The Kier molecular flexibility index (Phi) is 6.75. The average molecular weight is 403 g/mol. The quantitative estimate of drug-likeness (QED) is 0.603. The van der Waals surface area contributed by atoms with Gasteiger partial charge in [0.05, 0.1) is 34.2 Å². The molecule has 1 aromatic carbocycles. The smallest absolute Gasteiger partial charge is 0.333 e. The zero-order chi connectivity index (χ0) is 18.6. The van der Waals surface area contributed by atoms with Crippen molar-refractivity contribution >= 4 is 58.4 Å². The molecule has 0 spiro atoms. The van der Waals surface area contributed by atoms with Gasteiger partial charge < -0.3 is 10.1 Å². The molecule has 2 amide bonds. The third kappa shape index (κ3) is 4.90. The van der Waals surface area contributed by atoms with Crippen LogP contribution < -0.4 is 5.32 Å². The van der Waals surface area contributed by atoms with E-state index in [1.807, 2.05) is 0 Å². The lowest BCUT2D eigenvalue weighted by Gasteiger charge is -2.24. The molecule has 9 heteroatoms. The molecule has 1 aliphatic rings. The molecule has 1 aliphatic heterocycles. The average Bonchev–Trinajstić information content (AvgIpc) is 2.90. The number of halogens is 2. The van der Waals surface area contributed by atoms with Crippen LogP contribution in [0, 0.1) is 0 Å². The molecule has 0 aliphatic carbocycles. The summed E-state index contributed by atoms with van der Waals surface area (Å²) in [4.78, 5) is 37.5. The zero-order valence-electron chi connectivity index (χ0n) is 13.5. The summed E-state index contributed by atoms with van der Waals surface area (Å²) < 4.78 is 4.85. The third-order valence-electron chi connectivity index (χ3n) is 3.33. The van der Waals surface area contributed by atoms with Crippen molar-refractivity contribution in [3.8, 4) is 0 Å². The fourth-order valence-corrected chi connectivity index (χ4v) is 3.47. The van der Waals surface area contributed by atoms with E-state index in [-0.39, 0.29) is 18.3 Å². The molecule has 0 unspecified atom stereocenters. The first kappa shape index (κ1) is 19.6. The molecular weight excluding hydrogens is 387 g/mol. The molecule has 0 bridgehead atoms. The van der Waals surface area contributed by atoms with Crippen molar-refractivity contribution in [3.63, 3.8) is 0 Å². The Bertz CT molecular complexity index is 739. The number of rotatable bonds is 5. The van der Waals surface area contributed by atoms with Gasteiger partial charge in [0.1, 0.15) is 6.04 Å². The second kappa shape index (κ2) is 8.60. The summed E-state index contributed by atoms with van der Waals surface area (Å²) in [6.07, 6.45) is 1.22. The van der Waals surface area contributed by atoms with Gasteiger partial charge in [-0.15, -0.1) is 0 Å². The van der Waals surface area contributed by atoms with E-state index >= 15 is 0 Å². The number of thioether (sulfide) groups is 1. The number of carbonyl (C=O) groups is 3. The summed E-state index contributed by atoms with van der Waals surface area (Å²) >= 11 is 13.1. The Labute approximate surface area is 159 Å². The van der Waals surface area contributed by atoms with E-state index in [2.05, 4.69) is 5.32 Å². The minimum atomic E-state index is -0.835. The van der Waals surface area contributed by atoms with Crippen molar-refractivity contribution < 1.29 is 19.1 Å². The topological polar surface area (TPSA) is 75.7 Å². The lowest BCUT2D eigenvalue weighted by atomic mass is 10.2. The van der Waals surface area contributed by atoms with E-state index < -0.39 is 17.9 Å². The largest absolute Gasteiger partial charge is 0.463 e. The van der Waals surface area contributed by atoms with Crippen LogP contribution in [0.2, 0.25) is 10.0 Å². The molecule has 0 saturated carbocycles. The van der Waals surface area contributed by atoms with Crippen LogP contribution in [0.3, 0.4) is 0 Å². The SMILES string of the molecule is CCOC(=O)/C=C1\SCC(=O)N1[C@@H](C)C(=O)Nc1cc(Cl)ccc1Cl. The van der Waals surface area contributed by atoms with Gasteiger partial charge in [0.15, 0.2) is 0 Å². The summed E-state index contributed by atoms with van der Waals surface area (Å²) in [6, 6.07) is 3.85. The van der Waals surface area contributed by atoms with E-state index in [1.54, 1.807) is 26.0 Å². The molecule has 2 rings (SSSR count). The highest BCUT2D eigenvalue weighted by atomic mass is 35.5. The van der Waals surface area contributed by atoms with Gasteiger partial charge in [0.2, 0.25) is 11.8 Å². The molecule has 1 fully saturated rings. The molecule has 1 saturated heterocycles. The lowest BCUT2D eigenvalue weighted by Crippen LogP contribution is -2.42. The van der Waals surface area contributed by atoms with Gasteiger partial charge >= 0.3 is 5.97 Å². The van der Waals surface area contributed by atoms with Crippen molar-refractivity contribution in [2.75, 3.05) is 17.7 Å². The van der Waals surface area contributed by atoms with Gasteiger partial charge in [-0.1, -0.05) is 35.0 Å². The molecule has 1 heterocycles. The highest BCUT2D eigenvalue weighted by molar-refractivity contribution is 8.04. The number of hydrogen-bond donors (Lipinski definition) is 1. The van der Waals surface area contributed by atoms with Crippen LogP contribution in [0.1, 0.15) is 13.8 Å². The van der Waals surface area contributed by atoms with Crippen LogP contribution in [0.4, 0.5) is 5.69 Å². The van der Waals surface area contributed by atoms with Crippen LogP contribution in [0.15, 0.2) is 29.3 Å². The van der Waals surface area contributed by atoms with Crippen molar-refractivity contribution in [2.24, 2.45) is 0 Å². The molecular formula is C16H16Cl2N2O4S. The minimum absolute atomic E-state index is 0.154. The highest BCUT2D eigenvalue weighted by Gasteiger charge is 2.35. The van der Waals surface area contributed by atoms with Crippen LogP contribution in [0.25, 0.3) is 0 Å². The molecule has 0 radical (unpaired) electrons. The first-order chi connectivity index (χ1) is 11.8. The number of nitrogens with zero attached hydrogens (tertiary/aromatic N) is 1. The maximum atomic E-state index is 12.5. The number of carbonyl (C=O) groups excluding carboxylic acids is 3. The van der Waals surface area contributed by atoms with Crippen LogP contribution in [0.5, 0.6) is 0 Å². The third-order valence-corrected chi connectivity index (χ3v) is 4.90. The number of anilines is 1. The maximum Gasteiger partial charge on any atom is 0.333 e. The van der Waals surface area contributed by atoms with E-state index in [9.17, 15) is 14.4 Å². The standard InChI is InChI=1S/C16H16Cl2N2O4S/c1-3-24-15(22)7-14-20(13(21)8-25-14)9(2)16(23)19-12-6-10(17)4-5-11(12)18/h4-7,9H,3,8H2,1-2H3,(H,19,23)/b14-7-/t9-/m0/s1. The fraction of sp³-hybridized carbons (Fsp3) is 0.312. The summed E-state index contributed by atoms with van der Waals surface area (Å²) in [5.41, 5.74) is 0.348. The minimum Gasteiger partial charge on any atom is -0.463 e. The number of benzene rings is 1. The van der Waals surface area contributed by atoms with Crippen molar-refractivity contribution in [2.45, 2.75) is 19.9 Å². The summed E-state index contributed by atoms with van der Waals surface area (Å²) in [5, 5.41) is 3.77. The summed E-state index contributed by atoms with van der Waals surface area (Å²) in [6.45, 7) is 3.48. The summed E-state index contributed by atoms with van der Waals surface area (Å²) in [5.74, 6) is -1.12. The maximum absolute atomic E-state index is 12.5. The number of amides is 2. The Balaban J connectivity index is 2.17. The number of nitrogens with one attached hydrogen (secondary N) is 1. The van der Waals surface area contributed by atoms with Gasteiger partial charge in [-0.25, -0.2) is 4.79 Å². The Morgan fingerprint density at radius 3 is 2.84 bits per heavy atom. The van der Waals surface area contributed by atoms with Gasteiger partial charge in [0.25, 0.3) is 0 Å². The zero-order valence-corrected chi connectivity index (χ0v) is 15.9. The highest BCUT2D eigenvalue weighted by Crippen LogP contribution is 2.32. The predicted octanol–water partition coefficient (Wildman–Crippen LogP) is 3.30. The normalized spacial score (nSPS) is 16.9. The van der Waals surface area contributed by atoms with Crippen LogP contribution >= 0.6 is 35.0 Å². The second-order valence-corrected chi connectivity index (χ2v) is 6.92. The Morgan fingerprint density at radius 2 is 2.16 bits per heavy atom. The van der Waals surface area contributed by atoms with Gasteiger partial charge in [-0.05, 0) is 32.0 Å². The van der Waals surface area contributed by atoms with Crippen molar-refractivity contribution in [1.29, 1.82) is 0 Å². The van der Waals surface area contributed by atoms with E-state index in [4.69, 9.17) is 27.9 Å². The first-order valence-electron chi connectivity index (χ1n) is 7.42. The fourth-order valence-electron chi connectivity index (χ4n) is 2.15. The van der Waals surface area contributed by atoms with E-state index in [1.165, 1.54) is 28.8 Å². The molecule has 25 heavy (non-hydrogen) atoms. The molecule has 6 nitrogen and oxygen atoms in total. The molecule has 0 aromatic heterocycles. The van der Waals surface area contributed by atoms with Gasteiger partial charge in [-0.3, -0.25) is 14.5 Å². The molecule has 1 N–H and O–H groups in total. The number of hydrogen-bond acceptors (Lipinski definition) is 5. The summed E-state index contributed by atoms with van der Waals surface area (Å²) in [7, 11) is 0. The molecule has 134 valence electrons. The monoisotopic (exact) mass is 402 g/mol. The van der Waals surface area contributed by atoms with Crippen molar-refractivity contribution in [3.05, 3.63) is 39.3 Å².